The minimum atomic E-state index is -0.603. The number of esters is 1. The number of nitrogens with zero attached hydrogens (tertiary/aromatic N) is 2. The molecular weight excluding hydrogens is 314 g/mol. The van der Waals surface area contributed by atoms with Gasteiger partial charge in [-0.3, -0.25) is 19.7 Å². The molecule has 1 aromatic carbocycles. The zero-order valence-electron chi connectivity index (χ0n) is 14.0. The Labute approximate surface area is 139 Å². The lowest BCUT2D eigenvalue weighted by Crippen LogP contribution is -2.44. The molecule has 0 spiro atoms. The molecule has 2 amide bonds. The number of hydrogen-bond acceptors (Lipinski definition) is 6. The Morgan fingerprint density at radius 1 is 1.33 bits per heavy atom. The van der Waals surface area contributed by atoms with Gasteiger partial charge < -0.3 is 14.4 Å². The molecule has 0 fully saturated rings. The van der Waals surface area contributed by atoms with E-state index in [0.717, 1.165) is 0 Å². The average molecular weight is 333 g/mol. The minimum absolute atomic E-state index is 0.203. The topological polar surface area (TPSA) is 97.3 Å². The van der Waals surface area contributed by atoms with Crippen molar-refractivity contribution in [1.29, 1.82) is 0 Å². The summed E-state index contributed by atoms with van der Waals surface area (Å²) in [6, 6.07) is 4.56. The quantitative estimate of drug-likeness (QED) is 0.636. The number of guanidine groups is 1. The molecule has 24 heavy (non-hydrogen) atoms. The molecule has 0 aliphatic carbocycles. The summed E-state index contributed by atoms with van der Waals surface area (Å²) in [5.74, 6) is -0.286. The number of hydrogen-bond donors (Lipinski definition) is 1. The van der Waals surface area contributed by atoms with E-state index < -0.39 is 12.0 Å². The molecule has 1 heterocycles. The molecule has 0 aromatic heterocycles. The number of para-hydroxylation sites is 1. The smallest absolute Gasteiger partial charge is 0.308 e. The molecule has 128 valence electrons. The largest absolute Gasteiger partial charge is 0.493 e. The van der Waals surface area contributed by atoms with Gasteiger partial charge in [-0.05, 0) is 6.07 Å². The first-order valence-corrected chi connectivity index (χ1v) is 7.30. The van der Waals surface area contributed by atoms with Crippen molar-refractivity contribution >= 4 is 23.7 Å². The lowest BCUT2D eigenvalue weighted by molar-refractivity contribution is -0.132. The Morgan fingerprint density at radius 3 is 2.62 bits per heavy atom. The van der Waals surface area contributed by atoms with E-state index in [1.807, 2.05) is 0 Å². The van der Waals surface area contributed by atoms with Crippen LogP contribution >= 0.6 is 0 Å². The number of methoxy groups -OCH3 is 1. The van der Waals surface area contributed by atoms with Crippen molar-refractivity contribution in [3.8, 4) is 11.5 Å². The van der Waals surface area contributed by atoms with E-state index >= 15 is 0 Å². The molecule has 8 nitrogen and oxygen atoms in total. The third-order valence-corrected chi connectivity index (χ3v) is 3.53. The van der Waals surface area contributed by atoms with Crippen LogP contribution in [0.2, 0.25) is 0 Å². The van der Waals surface area contributed by atoms with Crippen molar-refractivity contribution in [2.24, 2.45) is 4.99 Å². The summed E-state index contributed by atoms with van der Waals surface area (Å²) in [5.41, 5.74) is 0.633. The van der Waals surface area contributed by atoms with Crippen LogP contribution in [0.5, 0.6) is 11.5 Å². The van der Waals surface area contributed by atoms with Crippen LogP contribution in [0.4, 0.5) is 0 Å². The summed E-state index contributed by atoms with van der Waals surface area (Å²) >= 11 is 0. The van der Waals surface area contributed by atoms with Crippen LogP contribution in [0, 0.1) is 0 Å². The summed E-state index contributed by atoms with van der Waals surface area (Å²) in [5, 5.41) is 2.51. The molecule has 2 rings (SSSR count). The van der Waals surface area contributed by atoms with Gasteiger partial charge >= 0.3 is 5.97 Å². The Bertz CT molecular complexity index is 714. The average Bonchev–Trinajstić information content (AvgIpc) is 2.75. The van der Waals surface area contributed by atoms with Crippen LogP contribution in [0.15, 0.2) is 23.2 Å². The van der Waals surface area contributed by atoms with Crippen molar-refractivity contribution < 1.29 is 23.9 Å². The van der Waals surface area contributed by atoms with Gasteiger partial charge in [0.15, 0.2) is 11.5 Å². The summed E-state index contributed by atoms with van der Waals surface area (Å²) in [4.78, 5) is 40.1. The fourth-order valence-electron chi connectivity index (χ4n) is 2.42. The molecule has 1 N–H and O–H groups in total. The molecular formula is C16H19N3O5. The Kier molecular flexibility index (Phi) is 5.18. The predicted octanol–water partition coefficient (Wildman–Crippen LogP) is 0.496. The van der Waals surface area contributed by atoms with Crippen LogP contribution in [0.1, 0.15) is 19.4 Å². The molecule has 8 heteroatoms. The van der Waals surface area contributed by atoms with E-state index in [1.54, 1.807) is 30.1 Å². The van der Waals surface area contributed by atoms with Crippen LogP contribution in [0.25, 0.3) is 0 Å². The molecule has 0 radical (unpaired) electrons. The molecule has 1 aromatic rings. The van der Waals surface area contributed by atoms with Gasteiger partial charge in [-0.2, -0.15) is 4.99 Å². The predicted molar refractivity (Wildman–Crippen MR) is 85.8 cm³/mol. The highest BCUT2D eigenvalue weighted by Gasteiger charge is 2.34. The van der Waals surface area contributed by atoms with Crippen LogP contribution in [0.3, 0.4) is 0 Å². The number of carbonyl (C=O) groups excluding carboxylic acids is 3. The van der Waals surface area contributed by atoms with Gasteiger partial charge in [0.05, 0.1) is 7.11 Å². The van der Waals surface area contributed by atoms with Gasteiger partial charge in [-0.15, -0.1) is 0 Å². The molecule has 1 aliphatic heterocycles. The molecule has 0 saturated heterocycles. The number of aliphatic imine (C=N–C) groups is 1. The van der Waals surface area contributed by atoms with Gasteiger partial charge in [0, 0.05) is 32.9 Å². The number of nitrogens with one attached hydrogen (secondary N) is 1. The van der Waals surface area contributed by atoms with Gasteiger partial charge in [-0.1, -0.05) is 12.1 Å². The van der Waals surface area contributed by atoms with E-state index in [9.17, 15) is 14.4 Å². The highest BCUT2D eigenvalue weighted by Crippen LogP contribution is 2.33. The zero-order chi connectivity index (χ0) is 17.9. The van der Waals surface area contributed by atoms with Gasteiger partial charge in [0.1, 0.15) is 6.04 Å². The second kappa shape index (κ2) is 7.12. The fraction of sp³-hybridized carbons (Fsp3) is 0.375. The number of carbonyl (C=O) groups is 3. The second-order valence-corrected chi connectivity index (χ2v) is 5.33. The third-order valence-electron chi connectivity index (χ3n) is 3.53. The minimum Gasteiger partial charge on any atom is -0.493 e. The first kappa shape index (κ1) is 17.5. The molecule has 1 unspecified atom stereocenters. The van der Waals surface area contributed by atoms with Crippen molar-refractivity contribution in [3.63, 3.8) is 0 Å². The highest BCUT2D eigenvalue weighted by molar-refractivity contribution is 6.07. The molecule has 0 bridgehead atoms. The van der Waals surface area contributed by atoms with Crippen LogP contribution < -0.4 is 14.8 Å². The third kappa shape index (κ3) is 3.70. The monoisotopic (exact) mass is 333 g/mol. The Balaban J connectivity index is 2.27. The van der Waals surface area contributed by atoms with Crippen molar-refractivity contribution in [3.05, 3.63) is 23.8 Å². The summed E-state index contributed by atoms with van der Waals surface area (Å²) in [6.07, 6.45) is 0.252. The molecule has 1 aliphatic rings. The highest BCUT2D eigenvalue weighted by atomic mass is 16.6. The lowest BCUT2D eigenvalue weighted by Gasteiger charge is -2.22. The Morgan fingerprint density at radius 2 is 2.04 bits per heavy atom. The number of likely N-dealkylation sites (N-methyl/N-ethyl adjacent to an activating group) is 1. The zero-order valence-corrected chi connectivity index (χ0v) is 14.0. The summed E-state index contributed by atoms with van der Waals surface area (Å²) in [7, 11) is 3.13. The maximum Gasteiger partial charge on any atom is 0.308 e. The number of amides is 2. The maximum atomic E-state index is 12.1. The summed E-state index contributed by atoms with van der Waals surface area (Å²) < 4.78 is 10.5. The first-order chi connectivity index (χ1) is 11.3. The van der Waals surface area contributed by atoms with Crippen molar-refractivity contribution in [2.75, 3.05) is 14.2 Å². The van der Waals surface area contributed by atoms with Crippen molar-refractivity contribution in [1.82, 2.24) is 10.2 Å². The number of ether oxygens (including phenoxy) is 2. The molecule has 1 atom stereocenters. The second-order valence-electron chi connectivity index (χ2n) is 5.33. The number of benzene rings is 1. The fourth-order valence-corrected chi connectivity index (χ4v) is 2.42. The van der Waals surface area contributed by atoms with Gasteiger partial charge in [0.25, 0.3) is 5.91 Å². The Hall–Kier alpha value is -2.90. The van der Waals surface area contributed by atoms with E-state index in [4.69, 9.17) is 9.47 Å². The molecule has 0 saturated carbocycles. The lowest BCUT2D eigenvalue weighted by atomic mass is 10.0. The van der Waals surface area contributed by atoms with Gasteiger partial charge in [-0.25, -0.2) is 0 Å². The number of rotatable bonds is 4. The first-order valence-electron chi connectivity index (χ1n) is 7.30. The van der Waals surface area contributed by atoms with E-state index in [2.05, 4.69) is 10.3 Å². The van der Waals surface area contributed by atoms with E-state index in [1.165, 1.54) is 21.0 Å². The van der Waals surface area contributed by atoms with Crippen LogP contribution in [-0.4, -0.2) is 48.8 Å². The standard InChI is InChI=1S/C16H19N3O5/c1-9(20)17-16-18-15(22)12(19(16)3)8-11-6-5-7-13(23-4)14(11)24-10(2)21/h5-7,12H,8H2,1-4H3,(H,17,18,20,22). The van der Waals surface area contributed by atoms with Crippen molar-refractivity contribution in [2.45, 2.75) is 26.3 Å². The van der Waals surface area contributed by atoms with Crippen LogP contribution in [-0.2, 0) is 20.8 Å². The SMILES string of the molecule is COc1cccc(CC2C(=O)N=C(NC(C)=O)N2C)c1OC(C)=O. The van der Waals surface area contributed by atoms with E-state index in [-0.39, 0.29) is 29.9 Å². The van der Waals surface area contributed by atoms with E-state index in [0.29, 0.717) is 11.3 Å². The normalized spacial score (nSPS) is 16.7. The van der Waals surface area contributed by atoms with Gasteiger partial charge in [0.2, 0.25) is 11.9 Å². The maximum absolute atomic E-state index is 12.1. The summed E-state index contributed by atoms with van der Waals surface area (Å²) in [6.45, 7) is 2.64.